The molecule has 1 saturated heterocycles. The Morgan fingerprint density at radius 1 is 1.70 bits per heavy atom. The number of nitrogens with one attached hydrogen (secondary N) is 1. The van der Waals surface area contributed by atoms with Crippen molar-refractivity contribution in [2.75, 3.05) is 19.6 Å². The highest BCUT2D eigenvalue weighted by molar-refractivity contribution is 5.74. The smallest absolute Gasteiger partial charge is 0.317 e. The van der Waals surface area contributed by atoms with Gasteiger partial charge in [0.2, 0.25) is 5.88 Å². The largest absolute Gasteiger partial charge is 0.472 e. The molecule has 1 aliphatic rings. The van der Waals surface area contributed by atoms with Gasteiger partial charge >= 0.3 is 6.03 Å². The van der Waals surface area contributed by atoms with E-state index >= 15 is 0 Å². The number of pyridine rings is 1. The van der Waals surface area contributed by atoms with E-state index in [4.69, 9.17) is 10.00 Å². The number of rotatable bonds is 3. The third-order valence-electron chi connectivity index (χ3n) is 3.14. The van der Waals surface area contributed by atoms with E-state index in [0.29, 0.717) is 24.5 Å². The van der Waals surface area contributed by atoms with Gasteiger partial charge < -0.3 is 15.0 Å². The third-order valence-corrected chi connectivity index (χ3v) is 3.14. The second kappa shape index (κ2) is 6.75. The van der Waals surface area contributed by atoms with Gasteiger partial charge in [-0.3, -0.25) is 0 Å². The number of piperidine rings is 1. The number of hydrogen-bond acceptors (Lipinski definition) is 4. The Kier molecular flexibility index (Phi) is 4.77. The maximum atomic E-state index is 11.8. The molecule has 2 amide bonds. The summed E-state index contributed by atoms with van der Waals surface area (Å²) in [4.78, 5) is 17.6. The third kappa shape index (κ3) is 3.60. The van der Waals surface area contributed by atoms with Crippen molar-refractivity contribution in [2.24, 2.45) is 0 Å². The molecular weight excluding hydrogens is 256 g/mol. The monoisotopic (exact) mass is 274 g/mol. The van der Waals surface area contributed by atoms with E-state index in [1.54, 1.807) is 23.2 Å². The molecule has 1 aromatic heterocycles. The molecule has 1 aromatic rings. The summed E-state index contributed by atoms with van der Waals surface area (Å²) in [5.74, 6) is 0.437. The van der Waals surface area contributed by atoms with Crippen LogP contribution in [0.2, 0.25) is 0 Å². The van der Waals surface area contributed by atoms with E-state index in [0.717, 1.165) is 19.4 Å². The summed E-state index contributed by atoms with van der Waals surface area (Å²) in [5, 5.41) is 11.6. The molecule has 2 rings (SSSR count). The Morgan fingerprint density at radius 3 is 3.30 bits per heavy atom. The van der Waals surface area contributed by atoms with Crippen LogP contribution in [0.1, 0.15) is 25.3 Å². The summed E-state index contributed by atoms with van der Waals surface area (Å²) < 4.78 is 5.77. The molecule has 20 heavy (non-hydrogen) atoms. The number of carbonyl (C=O) groups is 1. The molecule has 1 aliphatic heterocycles. The van der Waals surface area contributed by atoms with Crippen molar-refractivity contribution in [3.8, 4) is 11.9 Å². The van der Waals surface area contributed by atoms with Crippen LogP contribution in [-0.4, -0.2) is 41.7 Å². The van der Waals surface area contributed by atoms with Crippen LogP contribution in [0.4, 0.5) is 4.79 Å². The molecule has 0 saturated carbocycles. The second-order valence-corrected chi connectivity index (χ2v) is 4.66. The molecule has 0 unspecified atom stereocenters. The van der Waals surface area contributed by atoms with Crippen LogP contribution in [0, 0.1) is 11.3 Å². The number of aromatic nitrogens is 1. The molecule has 106 valence electrons. The van der Waals surface area contributed by atoms with Gasteiger partial charge in [0.05, 0.1) is 18.2 Å². The van der Waals surface area contributed by atoms with Crippen LogP contribution in [0.3, 0.4) is 0 Å². The predicted molar refractivity (Wildman–Crippen MR) is 73.2 cm³/mol. The highest BCUT2D eigenvalue weighted by atomic mass is 16.5. The van der Waals surface area contributed by atoms with Gasteiger partial charge in [0.25, 0.3) is 0 Å². The fourth-order valence-electron chi connectivity index (χ4n) is 2.20. The minimum Gasteiger partial charge on any atom is -0.472 e. The van der Waals surface area contributed by atoms with Crippen LogP contribution in [0.25, 0.3) is 0 Å². The van der Waals surface area contributed by atoms with Crippen molar-refractivity contribution < 1.29 is 9.53 Å². The first kappa shape index (κ1) is 14.1. The zero-order valence-corrected chi connectivity index (χ0v) is 11.5. The Labute approximate surface area is 118 Å². The SMILES string of the molecule is CCNC(=O)N1CCC[C@H](Oc2cc(C#N)ccn2)C1. The van der Waals surface area contributed by atoms with Crippen molar-refractivity contribution in [3.05, 3.63) is 23.9 Å². The molecule has 1 fully saturated rings. The highest BCUT2D eigenvalue weighted by Gasteiger charge is 2.24. The normalized spacial score (nSPS) is 18.2. The summed E-state index contributed by atoms with van der Waals surface area (Å²) in [6, 6.07) is 5.25. The van der Waals surface area contributed by atoms with Gasteiger partial charge in [-0.2, -0.15) is 5.26 Å². The van der Waals surface area contributed by atoms with E-state index in [1.807, 2.05) is 6.92 Å². The van der Waals surface area contributed by atoms with Gasteiger partial charge in [-0.05, 0) is 25.8 Å². The maximum Gasteiger partial charge on any atom is 0.317 e. The Hall–Kier alpha value is -2.29. The molecular formula is C14H18N4O2. The Balaban J connectivity index is 1.95. The summed E-state index contributed by atoms with van der Waals surface area (Å²) in [6.07, 6.45) is 3.26. The average molecular weight is 274 g/mol. The number of amides is 2. The van der Waals surface area contributed by atoms with Crippen LogP contribution in [0.5, 0.6) is 5.88 Å². The number of urea groups is 1. The van der Waals surface area contributed by atoms with Gasteiger partial charge in [0.1, 0.15) is 6.10 Å². The van der Waals surface area contributed by atoms with Gasteiger partial charge in [-0.25, -0.2) is 9.78 Å². The van der Waals surface area contributed by atoms with Gasteiger partial charge in [-0.15, -0.1) is 0 Å². The van der Waals surface area contributed by atoms with Crippen molar-refractivity contribution >= 4 is 6.03 Å². The maximum absolute atomic E-state index is 11.8. The molecule has 6 nitrogen and oxygen atoms in total. The van der Waals surface area contributed by atoms with Crippen LogP contribution in [0.15, 0.2) is 18.3 Å². The summed E-state index contributed by atoms with van der Waals surface area (Å²) in [7, 11) is 0. The molecule has 0 aromatic carbocycles. The number of nitrogens with zero attached hydrogens (tertiary/aromatic N) is 3. The number of hydrogen-bond donors (Lipinski definition) is 1. The van der Waals surface area contributed by atoms with Crippen molar-refractivity contribution in [2.45, 2.75) is 25.9 Å². The summed E-state index contributed by atoms with van der Waals surface area (Å²) in [6.45, 7) is 3.81. The van der Waals surface area contributed by atoms with E-state index in [9.17, 15) is 4.79 Å². The number of likely N-dealkylation sites (tertiary alicyclic amines) is 1. The van der Waals surface area contributed by atoms with E-state index in [1.165, 1.54) is 0 Å². The molecule has 0 aliphatic carbocycles. The zero-order chi connectivity index (χ0) is 14.4. The van der Waals surface area contributed by atoms with E-state index < -0.39 is 0 Å². The van der Waals surface area contributed by atoms with Gasteiger partial charge in [0.15, 0.2) is 0 Å². The van der Waals surface area contributed by atoms with E-state index in [-0.39, 0.29) is 12.1 Å². The molecule has 2 heterocycles. The van der Waals surface area contributed by atoms with Crippen LogP contribution in [-0.2, 0) is 0 Å². The topological polar surface area (TPSA) is 78.3 Å². The highest BCUT2D eigenvalue weighted by Crippen LogP contribution is 2.17. The standard InChI is InChI=1S/C14H18N4O2/c1-2-16-14(19)18-7-3-4-12(10-18)20-13-8-11(9-15)5-6-17-13/h5-6,8,12H,2-4,7,10H2,1H3,(H,16,19)/t12-/m0/s1. The molecule has 1 N–H and O–H groups in total. The second-order valence-electron chi connectivity index (χ2n) is 4.66. The lowest BCUT2D eigenvalue weighted by Gasteiger charge is -2.32. The van der Waals surface area contributed by atoms with Gasteiger partial charge in [0, 0.05) is 25.4 Å². The number of nitriles is 1. The number of carbonyl (C=O) groups excluding carboxylic acids is 1. The zero-order valence-electron chi connectivity index (χ0n) is 11.5. The lowest BCUT2D eigenvalue weighted by Crippen LogP contribution is -2.48. The first-order valence-corrected chi connectivity index (χ1v) is 6.78. The molecule has 0 radical (unpaired) electrons. The fourth-order valence-corrected chi connectivity index (χ4v) is 2.20. The van der Waals surface area contributed by atoms with Gasteiger partial charge in [-0.1, -0.05) is 0 Å². The molecule has 1 atom stereocenters. The summed E-state index contributed by atoms with van der Waals surface area (Å²) in [5.41, 5.74) is 0.520. The lowest BCUT2D eigenvalue weighted by atomic mass is 10.1. The minimum absolute atomic E-state index is 0.0560. The van der Waals surface area contributed by atoms with Crippen LogP contribution >= 0.6 is 0 Å². The van der Waals surface area contributed by atoms with Crippen molar-refractivity contribution in [1.29, 1.82) is 5.26 Å². The van der Waals surface area contributed by atoms with Crippen molar-refractivity contribution in [1.82, 2.24) is 15.2 Å². The number of ether oxygens (including phenoxy) is 1. The average Bonchev–Trinajstić information content (AvgIpc) is 2.48. The Bertz CT molecular complexity index is 512. The first-order valence-electron chi connectivity index (χ1n) is 6.78. The quantitative estimate of drug-likeness (QED) is 0.906. The molecule has 6 heteroatoms. The fraction of sp³-hybridized carbons (Fsp3) is 0.500. The summed E-state index contributed by atoms with van der Waals surface area (Å²) >= 11 is 0. The lowest BCUT2D eigenvalue weighted by molar-refractivity contribution is 0.0980. The Morgan fingerprint density at radius 2 is 2.55 bits per heavy atom. The van der Waals surface area contributed by atoms with E-state index in [2.05, 4.69) is 16.4 Å². The molecule has 0 spiro atoms. The van der Waals surface area contributed by atoms with Crippen LogP contribution < -0.4 is 10.1 Å². The van der Waals surface area contributed by atoms with Crippen molar-refractivity contribution in [3.63, 3.8) is 0 Å². The predicted octanol–water partition coefficient (Wildman–Crippen LogP) is 1.53. The minimum atomic E-state index is -0.0761. The first-order chi connectivity index (χ1) is 9.72. The molecule has 0 bridgehead atoms.